The predicted molar refractivity (Wildman–Crippen MR) is 69.1 cm³/mol. The molecule has 0 spiro atoms. The third-order valence-corrected chi connectivity index (χ3v) is 3.94. The molecule has 3 heteroatoms. The van der Waals surface area contributed by atoms with E-state index in [1.165, 1.54) is 15.4 Å². The second-order valence-electron chi connectivity index (χ2n) is 3.51. The molecule has 1 rings (SSSR count). The molecule has 0 aromatic heterocycles. The van der Waals surface area contributed by atoms with Gasteiger partial charge < -0.3 is 0 Å². The minimum absolute atomic E-state index is 0.223. The number of carbonyl (C=O) groups excluding carboxylic acids is 1. The number of carbonyl (C=O) groups is 1. The lowest BCUT2D eigenvalue weighted by molar-refractivity contribution is -0.116. The first-order valence-corrected chi connectivity index (χ1v) is 7.24. The molecule has 1 aromatic carbocycles. The maximum absolute atomic E-state index is 11.1. The summed E-state index contributed by atoms with van der Waals surface area (Å²) < 4.78 is 0. The van der Waals surface area contributed by atoms with Crippen LogP contribution in [-0.4, -0.2) is 18.3 Å². The van der Waals surface area contributed by atoms with Gasteiger partial charge in [0, 0.05) is 16.2 Å². The Bertz CT molecular complexity index is 372. The molecule has 0 bridgehead atoms. The van der Waals surface area contributed by atoms with E-state index >= 15 is 0 Å². The van der Waals surface area contributed by atoms with Crippen molar-refractivity contribution in [2.75, 3.05) is 12.5 Å². The smallest absolute Gasteiger partial charge is 0.134 e. The van der Waals surface area contributed by atoms with Gasteiger partial charge in [0.1, 0.15) is 5.78 Å². The molecular weight excluding hydrogens is 224 g/mol. The molecule has 82 valence electrons. The zero-order chi connectivity index (χ0) is 11.4. The minimum atomic E-state index is 0.223. The highest BCUT2D eigenvalue weighted by Crippen LogP contribution is 2.29. The number of thioether (sulfide) groups is 2. The van der Waals surface area contributed by atoms with E-state index in [-0.39, 0.29) is 5.78 Å². The van der Waals surface area contributed by atoms with Crippen LogP contribution in [0.1, 0.15) is 18.1 Å². The van der Waals surface area contributed by atoms with Crippen molar-refractivity contribution in [2.45, 2.75) is 30.1 Å². The highest BCUT2D eigenvalue weighted by atomic mass is 32.2. The summed E-state index contributed by atoms with van der Waals surface area (Å²) in [7, 11) is 0. The van der Waals surface area contributed by atoms with Crippen LogP contribution in [0.3, 0.4) is 0 Å². The summed E-state index contributed by atoms with van der Waals surface area (Å²) in [6.07, 6.45) is 4.67. The van der Waals surface area contributed by atoms with Gasteiger partial charge in [-0.25, -0.2) is 0 Å². The SMILES string of the molecule is CSc1cc(CC(C)=O)c(SC)cc1C. The Morgan fingerprint density at radius 2 is 1.80 bits per heavy atom. The van der Waals surface area contributed by atoms with E-state index < -0.39 is 0 Å². The number of Topliss-reactive ketones (excluding diaryl/α,β-unsaturated/α-hetero) is 1. The number of hydrogen-bond donors (Lipinski definition) is 0. The van der Waals surface area contributed by atoms with Crippen LogP contribution in [0.15, 0.2) is 21.9 Å². The average Bonchev–Trinajstić information content (AvgIpc) is 2.19. The van der Waals surface area contributed by atoms with Crippen molar-refractivity contribution in [1.82, 2.24) is 0 Å². The lowest BCUT2D eigenvalue weighted by Gasteiger charge is -2.10. The van der Waals surface area contributed by atoms with Gasteiger partial charge in [-0.1, -0.05) is 0 Å². The fourth-order valence-corrected chi connectivity index (χ4v) is 2.85. The number of rotatable bonds is 4. The van der Waals surface area contributed by atoms with Crippen molar-refractivity contribution in [3.63, 3.8) is 0 Å². The van der Waals surface area contributed by atoms with Crippen molar-refractivity contribution in [2.24, 2.45) is 0 Å². The van der Waals surface area contributed by atoms with Gasteiger partial charge in [0.05, 0.1) is 0 Å². The Labute approximate surface area is 100 Å². The fraction of sp³-hybridized carbons (Fsp3) is 0.417. The van der Waals surface area contributed by atoms with Gasteiger partial charge in [-0.05, 0) is 49.6 Å². The molecule has 0 aliphatic carbocycles. The molecule has 0 aliphatic rings. The number of benzene rings is 1. The number of aryl methyl sites for hydroxylation is 1. The molecule has 0 unspecified atom stereocenters. The molecule has 1 nitrogen and oxygen atoms in total. The molecule has 0 aliphatic heterocycles. The van der Waals surface area contributed by atoms with E-state index in [2.05, 4.69) is 31.6 Å². The second-order valence-corrected chi connectivity index (χ2v) is 5.21. The average molecular weight is 240 g/mol. The number of hydrogen-bond acceptors (Lipinski definition) is 3. The van der Waals surface area contributed by atoms with Crippen molar-refractivity contribution < 1.29 is 4.79 Å². The first-order valence-electron chi connectivity index (χ1n) is 4.79. The van der Waals surface area contributed by atoms with Crippen LogP contribution in [0.25, 0.3) is 0 Å². The molecule has 1 aromatic rings. The molecule has 0 saturated carbocycles. The van der Waals surface area contributed by atoms with E-state index in [9.17, 15) is 4.79 Å². The zero-order valence-corrected chi connectivity index (χ0v) is 11.2. The second kappa shape index (κ2) is 5.61. The summed E-state index contributed by atoms with van der Waals surface area (Å²) in [5, 5.41) is 0. The van der Waals surface area contributed by atoms with E-state index in [1.807, 2.05) is 0 Å². The van der Waals surface area contributed by atoms with Crippen molar-refractivity contribution in [3.05, 3.63) is 23.3 Å². The molecule has 0 fully saturated rings. The third kappa shape index (κ3) is 3.28. The monoisotopic (exact) mass is 240 g/mol. The molecule has 0 heterocycles. The van der Waals surface area contributed by atoms with E-state index in [0.29, 0.717) is 6.42 Å². The van der Waals surface area contributed by atoms with Crippen molar-refractivity contribution in [1.29, 1.82) is 0 Å². The molecule has 15 heavy (non-hydrogen) atoms. The summed E-state index contributed by atoms with van der Waals surface area (Å²) in [5.74, 6) is 0.223. The minimum Gasteiger partial charge on any atom is -0.300 e. The Balaban J connectivity index is 3.16. The van der Waals surface area contributed by atoms with Crippen LogP contribution in [0, 0.1) is 6.92 Å². The van der Waals surface area contributed by atoms with Gasteiger partial charge in [-0.3, -0.25) is 4.79 Å². The van der Waals surface area contributed by atoms with Crippen LogP contribution >= 0.6 is 23.5 Å². The Morgan fingerprint density at radius 3 is 2.27 bits per heavy atom. The van der Waals surface area contributed by atoms with Gasteiger partial charge in [-0.15, -0.1) is 23.5 Å². The molecule has 0 saturated heterocycles. The summed E-state index contributed by atoms with van der Waals surface area (Å²) >= 11 is 3.44. The maximum Gasteiger partial charge on any atom is 0.134 e. The fourth-order valence-electron chi connectivity index (χ4n) is 1.52. The van der Waals surface area contributed by atoms with Gasteiger partial charge in [0.25, 0.3) is 0 Å². The summed E-state index contributed by atoms with van der Waals surface area (Å²) in [6, 6.07) is 4.32. The molecular formula is C12H16OS2. The normalized spacial score (nSPS) is 10.4. The van der Waals surface area contributed by atoms with Gasteiger partial charge in [0.15, 0.2) is 0 Å². The number of ketones is 1. The summed E-state index contributed by atoms with van der Waals surface area (Å²) in [6.45, 7) is 3.76. The van der Waals surface area contributed by atoms with Gasteiger partial charge >= 0.3 is 0 Å². The molecule has 0 radical (unpaired) electrons. The first kappa shape index (κ1) is 12.7. The van der Waals surface area contributed by atoms with Gasteiger partial charge in [-0.2, -0.15) is 0 Å². The summed E-state index contributed by atoms with van der Waals surface area (Å²) in [5.41, 5.74) is 2.45. The van der Waals surface area contributed by atoms with Crippen LogP contribution in [0.2, 0.25) is 0 Å². The van der Waals surface area contributed by atoms with Crippen LogP contribution in [-0.2, 0) is 11.2 Å². The van der Waals surface area contributed by atoms with Crippen molar-refractivity contribution >= 4 is 29.3 Å². The van der Waals surface area contributed by atoms with Crippen LogP contribution in [0.5, 0.6) is 0 Å². The third-order valence-electron chi connectivity index (χ3n) is 2.24. The topological polar surface area (TPSA) is 17.1 Å². The lowest BCUT2D eigenvalue weighted by Crippen LogP contribution is -1.99. The Morgan fingerprint density at radius 1 is 1.20 bits per heavy atom. The molecule has 0 amide bonds. The van der Waals surface area contributed by atoms with Crippen LogP contribution < -0.4 is 0 Å². The zero-order valence-electron chi connectivity index (χ0n) is 9.59. The molecule has 0 N–H and O–H groups in total. The Kier molecular flexibility index (Phi) is 4.74. The van der Waals surface area contributed by atoms with Crippen molar-refractivity contribution in [3.8, 4) is 0 Å². The molecule has 0 atom stereocenters. The van der Waals surface area contributed by atoms with E-state index in [4.69, 9.17) is 0 Å². The van der Waals surface area contributed by atoms with Gasteiger partial charge in [0.2, 0.25) is 0 Å². The lowest BCUT2D eigenvalue weighted by atomic mass is 10.1. The van der Waals surface area contributed by atoms with E-state index in [1.54, 1.807) is 30.4 Å². The standard InChI is InChI=1S/C12H16OS2/c1-8-5-12(15-4)10(6-9(2)13)7-11(8)14-3/h5,7H,6H2,1-4H3. The summed E-state index contributed by atoms with van der Waals surface area (Å²) in [4.78, 5) is 13.6. The largest absolute Gasteiger partial charge is 0.300 e. The quantitative estimate of drug-likeness (QED) is 0.749. The highest BCUT2D eigenvalue weighted by molar-refractivity contribution is 7.99. The van der Waals surface area contributed by atoms with Crippen LogP contribution in [0.4, 0.5) is 0 Å². The predicted octanol–water partition coefficient (Wildman–Crippen LogP) is 3.57. The maximum atomic E-state index is 11.1. The first-order chi connectivity index (χ1) is 7.08. The van der Waals surface area contributed by atoms with E-state index in [0.717, 1.165) is 5.56 Å². The Hall–Kier alpha value is -0.410. The highest BCUT2D eigenvalue weighted by Gasteiger charge is 2.08.